The van der Waals surface area contributed by atoms with E-state index in [1.165, 1.54) is 17.8 Å². The Morgan fingerprint density at radius 1 is 1.19 bits per heavy atom. The Balaban J connectivity index is 2.23. The molecule has 2 aromatic carbocycles. The Bertz CT molecular complexity index is 681. The maximum absolute atomic E-state index is 13.9. The van der Waals surface area contributed by atoms with Crippen LogP contribution >= 0.6 is 11.8 Å². The molecule has 0 saturated carbocycles. The van der Waals surface area contributed by atoms with Crippen LogP contribution in [0.1, 0.15) is 27.0 Å². The zero-order chi connectivity index (χ0) is 15.6. The van der Waals surface area contributed by atoms with Crippen LogP contribution in [0.25, 0.3) is 0 Å². The lowest BCUT2D eigenvalue weighted by atomic mass is 10.1. The highest BCUT2D eigenvalue weighted by atomic mass is 32.2. The predicted molar refractivity (Wildman–Crippen MR) is 83.2 cm³/mol. The highest BCUT2D eigenvalue weighted by Crippen LogP contribution is 2.29. The molecule has 0 atom stereocenters. The molecule has 0 aliphatic carbocycles. The van der Waals surface area contributed by atoms with Crippen molar-refractivity contribution >= 4 is 23.4 Å². The lowest BCUT2D eigenvalue weighted by molar-refractivity contribution is 0.0697. The van der Waals surface area contributed by atoms with Gasteiger partial charge in [0.2, 0.25) is 0 Å². The molecule has 21 heavy (non-hydrogen) atoms. The van der Waals surface area contributed by atoms with Gasteiger partial charge in [0, 0.05) is 16.3 Å². The van der Waals surface area contributed by atoms with Gasteiger partial charge in [0.05, 0.1) is 5.56 Å². The van der Waals surface area contributed by atoms with Crippen LogP contribution in [0.2, 0.25) is 0 Å². The zero-order valence-electron chi connectivity index (χ0n) is 11.8. The van der Waals surface area contributed by atoms with E-state index >= 15 is 0 Å². The molecule has 0 spiro atoms. The number of anilines is 1. The van der Waals surface area contributed by atoms with Gasteiger partial charge in [-0.05, 0) is 31.5 Å². The monoisotopic (exact) mass is 305 g/mol. The molecule has 0 aliphatic heterocycles. The Labute approximate surface area is 127 Å². The third kappa shape index (κ3) is 3.76. The van der Waals surface area contributed by atoms with Gasteiger partial charge in [-0.15, -0.1) is 11.8 Å². The molecule has 0 aliphatic rings. The molecule has 2 aromatic rings. The van der Waals surface area contributed by atoms with Crippen molar-refractivity contribution < 1.29 is 14.3 Å². The first-order valence-corrected chi connectivity index (χ1v) is 7.37. The molecule has 0 saturated heterocycles. The van der Waals surface area contributed by atoms with E-state index < -0.39 is 11.8 Å². The van der Waals surface area contributed by atoms with Crippen molar-refractivity contribution in [3.8, 4) is 0 Å². The van der Waals surface area contributed by atoms with Gasteiger partial charge >= 0.3 is 5.97 Å². The molecule has 5 heteroatoms. The molecule has 3 nitrogen and oxygen atoms in total. The summed E-state index contributed by atoms with van der Waals surface area (Å²) >= 11 is 1.26. The number of carboxylic acid groups (broad SMARTS) is 1. The third-order valence-electron chi connectivity index (χ3n) is 3.01. The highest BCUT2D eigenvalue weighted by molar-refractivity contribution is 7.98. The van der Waals surface area contributed by atoms with Crippen LogP contribution in [0.4, 0.5) is 10.1 Å². The highest BCUT2D eigenvalue weighted by Gasteiger charge is 2.13. The van der Waals surface area contributed by atoms with Crippen molar-refractivity contribution in [2.45, 2.75) is 24.5 Å². The van der Waals surface area contributed by atoms with Crippen molar-refractivity contribution in [2.75, 3.05) is 5.73 Å². The predicted octanol–water partition coefficient (Wildman–Crippen LogP) is 4.02. The van der Waals surface area contributed by atoms with Gasteiger partial charge in [-0.2, -0.15) is 0 Å². The summed E-state index contributed by atoms with van der Waals surface area (Å²) < 4.78 is 13.9. The van der Waals surface area contributed by atoms with Gasteiger partial charge < -0.3 is 10.8 Å². The average molecular weight is 305 g/mol. The molecule has 0 radical (unpaired) electrons. The Hall–Kier alpha value is -2.01. The Morgan fingerprint density at radius 3 is 2.38 bits per heavy atom. The Morgan fingerprint density at radius 2 is 1.81 bits per heavy atom. The van der Waals surface area contributed by atoms with E-state index in [9.17, 15) is 9.18 Å². The van der Waals surface area contributed by atoms with Crippen LogP contribution in [0, 0.1) is 19.7 Å². The van der Waals surface area contributed by atoms with Crippen LogP contribution in [0.5, 0.6) is 0 Å². The lowest BCUT2D eigenvalue weighted by Crippen LogP contribution is -2.03. The maximum Gasteiger partial charge on any atom is 0.337 e. The molecule has 110 valence electrons. The summed E-state index contributed by atoms with van der Waals surface area (Å²) in [6.07, 6.45) is 0. The fourth-order valence-corrected chi connectivity index (χ4v) is 3.06. The first-order chi connectivity index (χ1) is 9.86. The average Bonchev–Trinajstić information content (AvgIpc) is 2.36. The topological polar surface area (TPSA) is 63.3 Å². The number of carboxylic acids is 1. The van der Waals surface area contributed by atoms with Crippen molar-refractivity contribution in [1.82, 2.24) is 0 Å². The van der Waals surface area contributed by atoms with E-state index in [0.717, 1.165) is 22.8 Å². The summed E-state index contributed by atoms with van der Waals surface area (Å²) in [5.41, 5.74) is 8.75. The summed E-state index contributed by atoms with van der Waals surface area (Å²) in [5.74, 6) is -1.07. The SMILES string of the molecule is Cc1cc(C)cc(CSc2cc(C(=O)O)c(N)cc2F)c1. The molecular weight excluding hydrogens is 289 g/mol. The number of hydrogen-bond acceptors (Lipinski definition) is 3. The van der Waals surface area contributed by atoms with Crippen LogP contribution in [0.15, 0.2) is 35.2 Å². The lowest BCUT2D eigenvalue weighted by Gasteiger charge is -2.08. The van der Waals surface area contributed by atoms with Gasteiger partial charge in [0.25, 0.3) is 0 Å². The minimum atomic E-state index is -1.15. The number of thioether (sulfide) groups is 1. The standard InChI is InChI=1S/C16H16FNO2S/c1-9-3-10(2)5-11(4-9)8-21-15-6-12(16(19)20)14(18)7-13(15)17/h3-7H,8,18H2,1-2H3,(H,19,20). The second-order valence-electron chi connectivity index (χ2n) is 4.96. The van der Waals surface area contributed by atoms with Crippen LogP contribution in [-0.4, -0.2) is 11.1 Å². The van der Waals surface area contributed by atoms with E-state index in [2.05, 4.69) is 6.07 Å². The third-order valence-corrected chi connectivity index (χ3v) is 4.11. The number of halogens is 1. The number of nitrogens with two attached hydrogens (primary N) is 1. The van der Waals surface area contributed by atoms with Gasteiger partial charge in [0.1, 0.15) is 5.82 Å². The molecule has 0 bridgehead atoms. The van der Waals surface area contributed by atoms with E-state index in [4.69, 9.17) is 10.8 Å². The largest absolute Gasteiger partial charge is 0.478 e. The van der Waals surface area contributed by atoms with Gasteiger partial charge in [-0.25, -0.2) is 9.18 Å². The van der Waals surface area contributed by atoms with Gasteiger partial charge in [-0.3, -0.25) is 0 Å². The second kappa shape index (κ2) is 6.18. The van der Waals surface area contributed by atoms with E-state index in [-0.39, 0.29) is 11.3 Å². The maximum atomic E-state index is 13.9. The molecule has 0 heterocycles. The summed E-state index contributed by atoms with van der Waals surface area (Å²) in [7, 11) is 0. The summed E-state index contributed by atoms with van der Waals surface area (Å²) in [4.78, 5) is 11.3. The number of aromatic carboxylic acids is 1. The summed E-state index contributed by atoms with van der Waals surface area (Å²) in [5, 5.41) is 9.03. The van der Waals surface area contributed by atoms with Crippen LogP contribution < -0.4 is 5.73 Å². The van der Waals surface area contributed by atoms with Crippen LogP contribution in [0.3, 0.4) is 0 Å². The smallest absolute Gasteiger partial charge is 0.337 e. The minimum absolute atomic E-state index is 0.0595. The second-order valence-corrected chi connectivity index (χ2v) is 5.98. The number of benzene rings is 2. The van der Waals surface area contributed by atoms with E-state index in [0.29, 0.717) is 10.6 Å². The first-order valence-electron chi connectivity index (χ1n) is 6.39. The fourth-order valence-electron chi connectivity index (χ4n) is 2.18. The number of nitrogen functional groups attached to an aromatic ring is 1. The minimum Gasteiger partial charge on any atom is -0.478 e. The molecule has 0 unspecified atom stereocenters. The van der Waals surface area contributed by atoms with Gasteiger partial charge in [-0.1, -0.05) is 29.3 Å². The van der Waals surface area contributed by atoms with Gasteiger partial charge in [0.15, 0.2) is 0 Å². The number of aryl methyl sites for hydroxylation is 2. The number of rotatable bonds is 4. The van der Waals surface area contributed by atoms with E-state index in [1.807, 2.05) is 26.0 Å². The summed E-state index contributed by atoms with van der Waals surface area (Å²) in [6.45, 7) is 4.01. The summed E-state index contributed by atoms with van der Waals surface area (Å²) in [6, 6.07) is 8.49. The van der Waals surface area contributed by atoms with Crippen LogP contribution in [-0.2, 0) is 5.75 Å². The zero-order valence-corrected chi connectivity index (χ0v) is 12.6. The molecule has 0 amide bonds. The normalized spacial score (nSPS) is 10.6. The van der Waals surface area contributed by atoms with E-state index in [1.54, 1.807) is 0 Å². The molecule has 0 fully saturated rings. The Kier molecular flexibility index (Phi) is 4.53. The molecule has 3 N–H and O–H groups in total. The van der Waals surface area contributed by atoms with Crippen molar-refractivity contribution in [1.29, 1.82) is 0 Å². The molecule has 0 aromatic heterocycles. The number of carbonyl (C=O) groups is 1. The first kappa shape index (κ1) is 15.4. The van der Waals surface area contributed by atoms with Crippen molar-refractivity contribution in [3.05, 3.63) is 58.4 Å². The molecular formula is C16H16FNO2S. The number of hydrogen-bond donors (Lipinski definition) is 2. The fraction of sp³-hybridized carbons (Fsp3) is 0.188. The van der Waals surface area contributed by atoms with Crippen molar-refractivity contribution in [3.63, 3.8) is 0 Å². The van der Waals surface area contributed by atoms with Crippen molar-refractivity contribution in [2.24, 2.45) is 0 Å². The molecule has 2 rings (SSSR count). The quantitative estimate of drug-likeness (QED) is 0.661.